The zero-order valence-electron chi connectivity index (χ0n) is 14.0. The molecular formula is C21H18O3S2. The maximum Gasteiger partial charge on any atom is 0.339 e. The predicted molar refractivity (Wildman–Crippen MR) is 108 cm³/mol. The number of hydrogen-bond acceptors (Lipinski definition) is 4. The Hall–Kier alpha value is -2.37. The highest BCUT2D eigenvalue weighted by atomic mass is 32.2. The van der Waals surface area contributed by atoms with E-state index < -0.39 is 5.97 Å². The van der Waals surface area contributed by atoms with Crippen LogP contribution < -0.4 is 4.18 Å². The third-order valence-corrected chi connectivity index (χ3v) is 5.50. The monoisotopic (exact) mass is 382 g/mol. The number of carbonyl (C=O) groups is 1. The average Bonchev–Trinajstić information content (AvgIpc) is 2.68. The van der Waals surface area contributed by atoms with Crippen LogP contribution in [-0.2, 0) is 11.5 Å². The van der Waals surface area contributed by atoms with Gasteiger partial charge in [0.25, 0.3) is 0 Å². The van der Waals surface area contributed by atoms with Gasteiger partial charge in [0.1, 0.15) is 5.56 Å². The van der Waals surface area contributed by atoms with Gasteiger partial charge >= 0.3 is 5.97 Å². The number of hydrogen-bond donors (Lipinski definition) is 1. The van der Waals surface area contributed by atoms with Gasteiger partial charge in [-0.25, -0.2) is 4.79 Å². The van der Waals surface area contributed by atoms with Crippen LogP contribution in [0.3, 0.4) is 0 Å². The fraction of sp³-hybridized carbons (Fsp3) is 0.0952. The second kappa shape index (κ2) is 9.36. The minimum atomic E-state index is -0.984. The Balaban J connectivity index is 1.73. The molecular weight excluding hydrogens is 364 g/mol. The standard InChI is InChI=1S/C21H18O3S2/c22-21(23)18-12-7-13-19(25-14-16-8-3-1-4-9-16)20(18)24-26-15-17-10-5-2-6-11-17/h1-13H,14-15H2,(H,22,23). The van der Waals surface area contributed by atoms with Crippen molar-refractivity contribution in [1.82, 2.24) is 0 Å². The van der Waals surface area contributed by atoms with E-state index in [1.165, 1.54) is 17.6 Å². The number of aromatic carboxylic acids is 1. The second-order valence-electron chi connectivity index (χ2n) is 5.54. The molecule has 0 aromatic heterocycles. The van der Waals surface area contributed by atoms with Crippen LogP contribution in [0.4, 0.5) is 0 Å². The van der Waals surface area contributed by atoms with Crippen molar-refractivity contribution >= 4 is 29.8 Å². The Bertz CT molecular complexity index is 852. The molecule has 0 unspecified atom stereocenters. The molecule has 3 nitrogen and oxygen atoms in total. The summed E-state index contributed by atoms with van der Waals surface area (Å²) in [7, 11) is 0. The van der Waals surface area contributed by atoms with Crippen molar-refractivity contribution in [3.05, 3.63) is 95.6 Å². The molecule has 0 saturated heterocycles. The van der Waals surface area contributed by atoms with Gasteiger partial charge in [0.15, 0.2) is 5.75 Å². The second-order valence-corrected chi connectivity index (χ2v) is 7.25. The van der Waals surface area contributed by atoms with Crippen LogP contribution in [0.1, 0.15) is 21.5 Å². The molecule has 0 spiro atoms. The maximum absolute atomic E-state index is 11.6. The Labute approximate surface area is 161 Å². The van der Waals surface area contributed by atoms with Crippen LogP contribution in [0.5, 0.6) is 5.75 Å². The number of para-hydroxylation sites is 1. The Morgan fingerprint density at radius 3 is 2.04 bits per heavy atom. The van der Waals surface area contributed by atoms with E-state index in [0.717, 1.165) is 16.2 Å². The first-order valence-corrected chi connectivity index (χ1v) is 10.00. The van der Waals surface area contributed by atoms with Crippen LogP contribution in [0.2, 0.25) is 0 Å². The average molecular weight is 383 g/mol. The van der Waals surface area contributed by atoms with Crippen molar-refractivity contribution in [3.63, 3.8) is 0 Å². The Morgan fingerprint density at radius 2 is 1.42 bits per heavy atom. The molecule has 0 amide bonds. The molecule has 3 aromatic rings. The summed E-state index contributed by atoms with van der Waals surface area (Å²) < 4.78 is 5.84. The molecule has 0 saturated carbocycles. The zero-order valence-corrected chi connectivity index (χ0v) is 15.6. The number of carboxylic acid groups (broad SMARTS) is 1. The first-order chi connectivity index (χ1) is 12.7. The molecule has 0 atom stereocenters. The van der Waals surface area contributed by atoms with E-state index in [4.69, 9.17) is 4.18 Å². The van der Waals surface area contributed by atoms with Crippen LogP contribution in [-0.4, -0.2) is 11.1 Å². The first kappa shape index (κ1) is 18.4. The summed E-state index contributed by atoms with van der Waals surface area (Å²) in [4.78, 5) is 12.4. The fourth-order valence-electron chi connectivity index (χ4n) is 2.35. The molecule has 3 aromatic carbocycles. The van der Waals surface area contributed by atoms with Gasteiger partial charge in [-0.2, -0.15) is 0 Å². The molecule has 0 heterocycles. The van der Waals surface area contributed by atoms with Gasteiger partial charge in [0, 0.05) is 5.75 Å². The lowest BCUT2D eigenvalue weighted by atomic mass is 10.2. The van der Waals surface area contributed by atoms with E-state index in [-0.39, 0.29) is 5.56 Å². The van der Waals surface area contributed by atoms with E-state index >= 15 is 0 Å². The van der Waals surface area contributed by atoms with Crippen molar-refractivity contribution < 1.29 is 14.1 Å². The molecule has 0 radical (unpaired) electrons. The van der Waals surface area contributed by atoms with E-state index in [9.17, 15) is 9.90 Å². The number of carboxylic acids is 1. The van der Waals surface area contributed by atoms with Gasteiger partial charge in [0.2, 0.25) is 0 Å². The molecule has 0 aliphatic heterocycles. The highest BCUT2D eigenvalue weighted by molar-refractivity contribution is 7.98. The highest BCUT2D eigenvalue weighted by Crippen LogP contribution is 2.37. The largest absolute Gasteiger partial charge is 0.478 e. The molecule has 5 heteroatoms. The van der Waals surface area contributed by atoms with Crippen molar-refractivity contribution in [3.8, 4) is 5.75 Å². The zero-order chi connectivity index (χ0) is 18.2. The lowest BCUT2D eigenvalue weighted by molar-refractivity contribution is 0.0695. The highest BCUT2D eigenvalue weighted by Gasteiger charge is 2.17. The summed E-state index contributed by atoms with van der Waals surface area (Å²) in [5.74, 6) is 0.839. The van der Waals surface area contributed by atoms with Gasteiger partial charge in [-0.15, -0.1) is 11.8 Å². The molecule has 132 valence electrons. The Kier molecular flexibility index (Phi) is 6.63. The quantitative estimate of drug-likeness (QED) is 0.388. The summed E-state index contributed by atoms with van der Waals surface area (Å²) in [6.45, 7) is 0. The smallest absolute Gasteiger partial charge is 0.339 e. The normalized spacial score (nSPS) is 10.5. The lowest BCUT2D eigenvalue weighted by Crippen LogP contribution is -2.01. The molecule has 0 bridgehead atoms. The van der Waals surface area contributed by atoms with Crippen LogP contribution >= 0.6 is 23.8 Å². The SMILES string of the molecule is O=C(O)c1cccc(SCc2ccccc2)c1OSCc1ccccc1. The molecule has 3 rings (SSSR count). The molecule has 0 fully saturated rings. The molecule has 1 N–H and O–H groups in total. The van der Waals surface area contributed by atoms with Gasteiger partial charge < -0.3 is 9.29 Å². The van der Waals surface area contributed by atoms with Crippen molar-refractivity contribution in [2.75, 3.05) is 0 Å². The summed E-state index contributed by atoms with van der Waals surface area (Å²) in [6, 6.07) is 25.3. The van der Waals surface area contributed by atoms with Crippen LogP contribution in [0, 0.1) is 0 Å². The topological polar surface area (TPSA) is 46.5 Å². The molecule has 0 aliphatic carbocycles. The first-order valence-electron chi connectivity index (χ1n) is 8.10. The van der Waals surface area contributed by atoms with Crippen LogP contribution in [0.15, 0.2) is 83.8 Å². The fourth-order valence-corrected chi connectivity index (χ4v) is 4.06. The van der Waals surface area contributed by atoms with E-state index in [1.807, 2.05) is 54.6 Å². The van der Waals surface area contributed by atoms with Crippen molar-refractivity contribution in [2.45, 2.75) is 16.4 Å². The minimum absolute atomic E-state index is 0.184. The predicted octanol–water partition coefficient (Wildman–Crippen LogP) is 5.90. The summed E-state index contributed by atoms with van der Waals surface area (Å²) >= 11 is 2.83. The van der Waals surface area contributed by atoms with E-state index in [2.05, 4.69) is 12.1 Å². The summed E-state index contributed by atoms with van der Waals surface area (Å²) in [5.41, 5.74) is 2.49. The lowest BCUT2D eigenvalue weighted by Gasteiger charge is -2.12. The van der Waals surface area contributed by atoms with E-state index in [0.29, 0.717) is 11.5 Å². The van der Waals surface area contributed by atoms with Gasteiger partial charge in [-0.3, -0.25) is 0 Å². The molecule has 26 heavy (non-hydrogen) atoms. The third kappa shape index (κ3) is 5.07. The number of thioether (sulfide) groups is 1. The minimum Gasteiger partial charge on any atom is -0.478 e. The van der Waals surface area contributed by atoms with E-state index in [1.54, 1.807) is 23.9 Å². The third-order valence-electron chi connectivity index (χ3n) is 3.66. The van der Waals surface area contributed by atoms with Gasteiger partial charge in [-0.1, -0.05) is 66.7 Å². The summed E-state index contributed by atoms with van der Waals surface area (Å²) in [5, 5.41) is 9.49. The van der Waals surface area contributed by atoms with Crippen molar-refractivity contribution in [2.24, 2.45) is 0 Å². The van der Waals surface area contributed by atoms with Crippen LogP contribution in [0.25, 0.3) is 0 Å². The van der Waals surface area contributed by atoms with Gasteiger partial charge in [-0.05, 0) is 23.3 Å². The maximum atomic E-state index is 11.6. The number of rotatable bonds is 8. The van der Waals surface area contributed by atoms with Crippen molar-refractivity contribution in [1.29, 1.82) is 0 Å². The Morgan fingerprint density at radius 1 is 0.808 bits per heavy atom. The number of benzene rings is 3. The molecule has 0 aliphatic rings. The van der Waals surface area contributed by atoms with Gasteiger partial charge in [0.05, 0.1) is 22.7 Å². The summed E-state index contributed by atoms with van der Waals surface area (Å²) in [6.07, 6.45) is 0.